The van der Waals surface area contributed by atoms with Gasteiger partial charge < -0.3 is 0 Å². The molecule has 3 nitrogen and oxygen atoms in total. The smallest absolute Gasteiger partial charge is 0.235 e. The number of rotatable bonds is 0. The first-order valence-electron chi connectivity index (χ1n) is 2.93. The summed E-state index contributed by atoms with van der Waals surface area (Å²) < 4.78 is 1.58. The lowest BCUT2D eigenvalue weighted by molar-refractivity contribution is 0.904. The van der Waals surface area contributed by atoms with Gasteiger partial charge in [0.15, 0.2) is 0 Å². The van der Waals surface area contributed by atoms with E-state index >= 15 is 0 Å². The maximum atomic E-state index is 5.78. The van der Waals surface area contributed by atoms with Crippen molar-refractivity contribution in [3.8, 4) is 0 Å². The number of halogens is 2. The molecule has 2 heterocycles. The van der Waals surface area contributed by atoms with E-state index < -0.39 is 0 Å². The highest BCUT2D eigenvalue weighted by Gasteiger charge is 2.00. The molecular formula is C6H3Cl2N3. The second-order valence-corrected chi connectivity index (χ2v) is 2.77. The highest BCUT2D eigenvalue weighted by molar-refractivity contribution is 6.34. The fourth-order valence-electron chi connectivity index (χ4n) is 0.848. The Morgan fingerprint density at radius 1 is 1.36 bits per heavy atom. The molecule has 0 amide bonds. The lowest BCUT2D eigenvalue weighted by atomic mass is 10.5. The van der Waals surface area contributed by atoms with Gasteiger partial charge in [0.1, 0.15) is 5.52 Å². The molecule has 0 fully saturated rings. The molecule has 11 heavy (non-hydrogen) atoms. The molecule has 56 valence electrons. The third-order valence-corrected chi connectivity index (χ3v) is 1.83. The van der Waals surface area contributed by atoms with Gasteiger partial charge in [-0.15, -0.1) is 5.10 Å². The molecule has 0 spiro atoms. The molecule has 0 aliphatic carbocycles. The lowest BCUT2D eigenvalue weighted by Gasteiger charge is -1.92. The van der Waals surface area contributed by atoms with Crippen molar-refractivity contribution in [2.75, 3.05) is 0 Å². The molecule has 0 unspecified atom stereocenters. The Hall–Kier alpha value is -0.800. The summed E-state index contributed by atoms with van der Waals surface area (Å²) in [5.74, 6) is 0. The van der Waals surface area contributed by atoms with Gasteiger partial charge in [0.05, 0.1) is 11.2 Å². The Bertz CT molecular complexity index is 396. The summed E-state index contributed by atoms with van der Waals surface area (Å²) in [6, 6.07) is 1.74. The van der Waals surface area contributed by atoms with E-state index in [0.717, 1.165) is 5.52 Å². The number of nitrogens with zero attached hydrogens (tertiary/aromatic N) is 3. The highest BCUT2D eigenvalue weighted by Crippen LogP contribution is 2.16. The van der Waals surface area contributed by atoms with Gasteiger partial charge in [0, 0.05) is 6.20 Å². The normalized spacial score (nSPS) is 10.7. The molecule has 0 aliphatic heterocycles. The van der Waals surface area contributed by atoms with Gasteiger partial charge in [-0.2, -0.15) is 0 Å². The van der Waals surface area contributed by atoms with Crippen LogP contribution in [0.3, 0.4) is 0 Å². The number of hydrogen-bond acceptors (Lipinski definition) is 2. The Balaban J connectivity index is 2.86. The molecule has 2 aromatic heterocycles. The second kappa shape index (κ2) is 2.36. The quantitative estimate of drug-likeness (QED) is 0.633. The van der Waals surface area contributed by atoms with Crippen LogP contribution in [0, 0.1) is 0 Å². The molecule has 2 rings (SSSR count). The molecule has 0 saturated carbocycles. The van der Waals surface area contributed by atoms with Crippen molar-refractivity contribution in [2.24, 2.45) is 0 Å². The molecule has 0 aromatic carbocycles. The Morgan fingerprint density at radius 2 is 2.18 bits per heavy atom. The van der Waals surface area contributed by atoms with Crippen LogP contribution in [-0.2, 0) is 0 Å². The largest absolute Gasteiger partial charge is 0.241 e. The minimum Gasteiger partial charge on any atom is -0.235 e. The van der Waals surface area contributed by atoms with Gasteiger partial charge in [-0.3, -0.25) is 0 Å². The van der Waals surface area contributed by atoms with Crippen molar-refractivity contribution in [1.29, 1.82) is 0 Å². The first kappa shape index (κ1) is 6.88. The summed E-state index contributed by atoms with van der Waals surface area (Å²) in [5.41, 5.74) is 0.760. The maximum absolute atomic E-state index is 5.78. The van der Waals surface area contributed by atoms with Crippen LogP contribution >= 0.6 is 23.2 Å². The van der Waals surface area contributed by atoms with Gasteiger partial charge in [-0.25, -0.2) is 9.50 Å². The minimum atomic E-state index is 0.213. The summed E-state index contributed by atoms with van der Waals surface area (Å²) in [6.45, 7) is 0. The third kappa shape index (κ3) is 1.06. The average molecular weight is 188 g/mol. The van der Waals surface area contributed by atoms with Gasteiger partial charge in [0.25, 0.3) is 0 Å². The van der Waals surface area contributed by atoms with E-state index in [1.807, 2.05) is 0 Å². The highest BCUT2D eigenvalue weighted by atomic mass is 35.5. The zero-order chi connectivity index (χ0) is 7.84. The van der Waals surface area contributed by atoms with Gasteiger partial charge in [-0.05, 0) is 17.7 Å². The molecule has 5 heteroatoms. The number of aromatic nitrogens is 3. The topological polar surface area (TPSA) is 30.2 Å². The van der Waals surface area contributed by atoms with Crippen LogP contribution < -0.4 is 0 Å². The van der Waals surface area contributed by atoms with E-state index in [1.165, 1.54) is 0 Å². The number of hydrogen-bond donors (Lipinski definition) is 0. The second-order valence-electron chi connectivity index (χ2n) is 2.02. The monoisotopic (exact) mass is 187 g/mol. The van der Waals surface area contributed by atoms with Crippen molar-refractivity contribution in [1.82, 2.24) is 14.6 Å². The first-order valence-corrected chi connectivity index (χ1v) is 3.68. The van der Waals surface area contributed by atoms with E-state index in [2.05, 4.69) is 10.1 Å². The van der Waals surface area contributed by atoms with E-state index in [4.69, 9.17) is 23.2 Å². The molecule has 0 bridgehead atoms. The Kier molecular flexibility index (Phi) is 1.47. The summed E-state index contributed by atoms with van der Waals surface area (Å²) in [6.07, 6.45) is 3.31. The zero-order valence-corrected chi connectivity index (χ0v) is 6.84. The maximum Gasteiger partial charge on any atom is 0.241 e. The van der Waals surface area contributed by atoms with Crippen molar-refractivity contribution < 1.29 is 0 Å². The van der Waals surface area contributed by atoms with Crippen LogP contribution in [0.25, 0.3) is 5.52 Å². The van der Waals surface area contributed by atoms with Crippen LogP contribution in [-0.4, -0.2) is 14.6 Å². The van der Waals surface area contributed by atoms with Crippen molar-refractivity contribution in [3.05, 3.63) is 28.8 Å². The third-order valence-electron chi connectivity index (χ3n) is 1.34. The van der Waals surface area contributed by atoms with Crippen molar-refractivity contribution in [2.45, 2.75) is 0 Å². The molecule has 0 N–H and O–H groups in total. The Labute approximate surface area is 72.6 Å². The fourth-order valence-corrected chi connectivity index (χ4v) is 1.17. The fraction of sp³-hybridized carbons (Fsp3) is 0. The van der Waals surface area contributed by atoms with Crippen LogP contribution in [0.15, 0.2) is 18.5 Å². The van der Waals surface area contributed by atoms with Crippen LogP contribution in [0.1, 0.15) is 0 Å². The van der Waals surface area contributed by atoms with Crippen molar-refractivity contribution in [3.63, 3.8) is 0 Å². The summed E-state index contributed by atoms with van der Waals surface area (Å²) in [5, 5.41) is 4.72. The molecule has 0 atom stereocenters. The van der Waals surface area contributed by atoms with Crippen molar-refractivity contribution >= 4 is 28.7 Å². The summed E-state index contributed by atoms with van der Waals surface area (Å²) in [7, 11) is 0. The van der Waals surface area contributed by atoms with E-state index in [-0.39, 0.29) is 5.28 Å². The van der Waals surface area contributed by atoms with E-state index in [0.29, 0.717) is 5.02 Å². The standard InChI is InChI=1S/C6H3Cl2N3/c7-4-1-2-11-5(4)3-9-6(8)10-11/h1-3H. The Morgan fingerprint density at radius 3 is 3.00 bits per heavy atom. The predicted molar refractivity (Wildman–Crippen MR) is 43.0 cm³/mol. The van der Waals surface area contributed by atoms with E-state index in [1.54, 1.807) is 23.0 Å². The molecule has 0 radical (unpaired) electrons. The molecule has 2 aromatic rings. The lowest BCUT2D eigenvalue weighted by Crippen LogP contribution is -1.91. The molecular weight excluding hydrogens is 185 g/mol. The summed E-state index contributed by atoms with van der Waals surface area (Å²) in [4.78, 5) is 3.79. The van der Waals surface area contributed by atoms with Crippen LogP contribution in [0.4, 0.5) is 0 Å². The molecule has 0 saturated heterocycles. The van der Waals surface area contributed by atoms with Gasteiger partial charge >= 0.3 is 0 Å². The van der Waals surface area contributed by atoms with Crippen LogP contribution in [0.5, 0.6) is 0 Å². The average Bonchev–Trinajstić information content (AvgIpc) is 2.32. The van der Waals surface area contributed by atoms with Gasteiger partial charge in [0.2, 0.25) is 5.28 Å². The minimum absolute atomic E-state index is 0.213. The van der Waals surface area contributed by atoms with Gasteiger partial charge in [-0.1, -0.05) is 11.6 Å². The first-order chi connectivity index (χ1) is 5.27. The zero-order valence-electron chi connectivity index (χ0n) is 5.33. The van der Waals surface area contributed by atoms with E-state index in [9.17, 15) is 0 Å². The predicted octanol–water partition coefficient (Wildman–Crippen LogP) is 2.04. The SMILES string of the molecule is Clc1ncc2c(Cl)ccn2n1. The molecule has 0 aliphatic rings. The summed E-state index contributed by atoms with van der Waals surface area (Å²) >= 11 is 11.3. The van der Waals surface area contributed by atoms with Crippen LogP contribution in [0.2, 0.25) is 10.3 Å². The number of fused-ring (bicyclic) bond motifs is 1.